The Labute approximate surface area is 86.6 Å². The van der Waals surface area contributed by atoms with Crippen molar-refractivity contribution in [3.05, 3.63) is 0 Å². The molecule has 1 atom stereocenters. The largest absolute Gasteiger partial charge is 0.378 e. The Bertz CT molecular complexity index is 192. The molecule has 1 aliphatic heterocycles. The molecule has 2 N–H and O–H groups in total. The van der Waals surface area contributed by atoms with Crippen LogP contribution in [0, 0.1) is 5.41 Å². The van der Waals surface area contributed by atoms with Gasteiger partial charge < -0.3 is 10.5 Å². The Kier molecular flexibility index (Phi) is 3.10. The van der Waals surface area contributed by atoms with Crippen molar-refractivity contribution in [3.8, 4) is 0 Å². The van der Waals surface area contributed by atoms with E-state index in [2.05, 4.69) is 11.8 Å². The van der Waals surface area contributed by atoms with Gasteiger partial charge in [-0.2, -0.15) is 0 Å². The maximum absolute atomic E-state index is 5.75. The molecule has 0 amide bonds. The van der Waals surface area contributed by atoms with Gasteiger partial charge in [0.1, 0.15) is 0 Å². The number of rotatable bonds is 3. The molecule has 1 heterocycles. The molecule has 0 aromatic rings. The van der Waals surface area contributed by atoms with Crippen LogP contribution in [0.2, 0.25) is 0 Å². The molecule has 0 spiro atoms. The lowest BCUT2D eigenvalue weighted by Crippen LogP contribution is -2.53. The first-order valence-corrected chi connectivity index (χ1v) is 5.75. The average molecular weight is 198 g/mol. The van der Waals surface area contributed by atoms with Crippen LogP contribution in [0.4, 0.5) is 0 Å². The van der Waals surface area contributed by atoms with Crippen molar-refractivity contribution in [1.82, 2.24) is 4.90 Å². The molecule has 3 heteroatoms. The van der Waals surface area contributed by atoms with Crippen LogP contribution in [-0.4, -0.2) is 43.8 Å². The van der Waals surface area contributed by atoms with Crippen molar-refractivity contribution < 1.29 is 4.74 Å². The summed E-state index contributed by atoms with van der Waals surface area (Å²) < 4.78 is 5.45. The van der Waals surface area contributed by atoms with Crippen molar-refractivity contribution in [2.45, 2.75) is 32.2 Å². The first-order valence-electron chi connectivity index (χ1n) is 5.75. The third kappa shape index (κ3) is 2.10. The van der Waals surface area contributed by atoms with Gasteiger partial charge >= 0.3 is 0 Å². The quantitative estimate of drug-likeness (QED) is 0.730. The molecular weight excluding hydrogens is 176 g/mol. The zero-order valence-corrected chi connectivity index (χ0v) is 9.17. The van der Waals surface area contributed by atoms with E-state index in [-0.39, 0.29) is 0 Å². The fourth-order valence-corrected chi connectivity index (χ4v) is 2.54. The van der Waals surface area contributed by atoms with E-state index in [9.17, 15) is 0 Å². The fourth-order valence-electron chi connectivity index (χ4n) is 2.54. The van der Waals surface area contributed by atoms with Crippen molar-refractivity contribution in [2.24, 2.45) is 11.1 Å². The number of hydrogen-bond acceptors (Lipinski definition) is 3. The smallest absolute Gasteiger partial charge is 0.0634 e. The van der Waals surface area contributed by atoms with Gasteiger partial charge in [-0.15, -0.1) is 0 Å². The second-order valence-electron chi connectivity index (χ2n) is 5.10. The van der Waals surface area contributed by atoms with E-state index in [4.69, 9.17) is 10.5 Å². The molecule has 0 bridgehead atoms. The lowest BCUT2D eigenvalue weighted by molar-refractivity contribution is -0.0347. The van der Waals surface area contributed by atoms with Crippen LogP contribution in [0.3, 0.4) is 0 Å². The number of nitrogens with zero attached hydrogens (tertiary/aromatic N) is 1. The predicted octanol–water partition coefficient (Wildman–Crippen LogP) is 0.836. The number of nitrogens with two attached hydrogens (primary N) is 1. The van der Waals surface area contributed by atoms with E-state index in [0.717, 1.165) is 26.3 Å². The van der Waals surface area contributed by atoms with E-state index >= 15 is 0 Å². The summed E-state index contributed by atoms with van der Waals surface area (Å²) in [7, 11) is 0. The topological polar surface area (TPSA) is 38.5 Å². The van der Waals surface area contributed by atoms with Gasteiger partial charge in [0, 0.05) is 25.7 Å². The molecular formula is C11H22N2O. The molecule has 14 heavy (non-hydrogen) atoms. The highest BCUT2D eigenvalue weighted by atomic mass is 16.5. The molecule has 1 unspecified atom stereocenters. The third-order valence-corrected chi connectivity index (χ3v) is 3.77. The molecule has 82 valence electrons. The van der Waals surface area contributed by atoms with Gasteiger partial charge in [-0.25, -0.2) is 0 Å². The molecule has 2 fully saturated rings. The number of morpholine rings is 1. The van der Waals surface area contributed by atoms with Crippen molar-refractivity contribution in [3.63, 3.8) is 0 Å². The molecule has 0 radical (unpaired) electrons. The minimum atomic E-state index is 0.459. The molecule has 2 rings (SSSR count). The minimum absolute atomic E-state index is 0.459. The van der Waals surface area contributed by atoms with E-state index in [1.54, 1.807) is 0 Å². The fraction of sp³-hybridized carbons (Fsp3) is 1.00. The van der Waals surface area contributed by atoms with E-state index in [0.29, 0.717) is 11.5 Å². The average Bonchev–Trinajstić information content (AvgIpc) is 2.16. The van der Waals surface area contributed by atoms with Crippen LogP contribution < -0.4 is 5.73 Å². The minimum Gasteiger partial charge on any atom is -0.378 e. The number of ether oxygens (including phenoxy) is 1. The standard InChI is InChI=1S/C11H22N2O/c1-11(3-2-4-11)9-13-5-6-14-8-10(13)7-12/h10H,2-9,12H2,1H3. The second kappa shape index (κ2) is 4.17. The van der Waals surface area contributed by atoms with Crippen LogP contribution in [0.5, 0.6) is 0 Å². The monoisotopic (exact) mass is 198 g/mol. The summed E-state index contributed by atoms with van der Waals surface area (Å²) in [6.07, 6.45) is 4.19. The summed E-state index contributed by atoms with van der Waals surface area (Å²) in [5, 5.41) is 0. The molecule has 3 nitrogen and oxygen atoms in total. The van der Waals surface area contributed by atoms with Crippen LogP contribution in [0.25, 0.3) is 0 Å². The van der Waals surface area contributed by atoms with E-state index in [1.165, 1.54) is 25.8 Å². The summed E-state index contributed by atoms with van der Waals surface area (Å²) in [6, 6.07) is 0.459. The Morgan fingerprint density at radius 3 is 2.86 bits per heavy atom. The lowest BCUT2D eigenvalue weighted by atomic mass is 9.70. The second-order valence-corrected chi connectivity index (χ2v) is 5.10. The molecule has 2 aliphatic rings. The van der Waals surface area contributed by atoms with Gasteiger partial charge in [-0.3, -0.25) is 4.90 Å². The van der Waals surface area contributed by atoms with Crippen LogP contribution in [0.15, 0.2) is 0 Å². The molecule has 0 aromatic heterocycles. The lowest BCUT2D eigenvalue weighted by Gasteiger charge is -2.45. The van der Waals surface area contributed by atoms with Crippen LogP contribution in [-0.2, 0) is 4.74 Å². The van der Waals surface area contributed by atoms with Crippen molar-refractivity contribution in [1.29, 1.82) is 0 Å². The van der Waals surface area contributed by atoms with Crippen molar-refractivity contribution >= 4 is 0 Å². The zero-order chi connectivity index (χ0) is 10.0. The first kappa shape index (κ1) is 10.4. The predicted molar refractivity (Wildman–Crippen MR) is 57.2 cm³/mol. The summed E-state index contributed by atoms with van der Waals surface area (Å²) >= 11 is 0. The Balaban J connectivity index is 1.87. The Hall–Kier alpha value is -0.120. The maximum atomic E-state index is 5.75. The van der Waals surface area contributed by atoms with E-state index < -0.39 is 0 Å². The van der Waals surface area contributed by atoms with Crippen molar-refractivity contribution in [2.75, 3.05) is 32.8 Å². The van der Waals surface area contributed by atoms with Gasteiger partial charge in [0.25, 0.3) is 0 Å². The maximum Gasteiger partial charge on any atom is 0.0634 e. The van der Waals surface area contributed by atoms with Gasteiger partial charge in [0.2, 0.25) is 0 Å². The third-order valence-electron chi connectivity index (χ3n) is 3.77. The van der Waals surface area contributed by atoms with Gasteiger partial charge in [-0.1, -0.05) is 13.3 Å². The van der Waals surface area contributed by atoms with Crippen LogP contribution >= 0.6 is 0 Å². The normalized spacial score (nSPS) is 32.6. The summed E-state index contributed by atoms with van der Waals surface area (Å²) in [5.41, 5.74) is 6.32. The summed E-state index contributed by atoms with van der Waals surface area (Å²) in [6.45, 7) is 7.13. The van der Waals surface area contributed by atoms with Gasteiger partial charge in [-0.05, 0) is 18.3 Å². The van der Waals surface area contributed by atoms with Gasteiger partial charge in [0.15, 0.2) is 0 Å². The Morgan fingerprint density at radius 1 is 1.50 bits per heavy atom. The Morgan fingerprint density at radius 2 is 2.29 bits per heavy atom. The summed E-state index contributed by atoms with van der Waals surface area (Å²) in [4.78, 5) is 2.53. The first-order chi connectivity index (χ1) is 6.73. The summed E-state index contributed by atoms with van der Waals surface area (Å²) in [5.74, 6) is 0. The highest BCUT2D eigenvalue weighted by Gasteiger charge is 2.35. The van der Waals surface area contributed by atoms with Gasteiger partial charge in [0.05, 0.1) is 13.2 Å². The molecule has 0 aromatic carbocycles. The highest BCUT2D eigenvalue weighted by molar-refractivity contribution is 4.89. The number of hydrogen-bond donors (Lipinski definition) is 1. The highest BCUT2D eigenvalue weighted by Crippen LogP contribution is 2.41. The zero-order valence-electron chi connectivity index (χ0n) is 9.17. The molecule has 1 aliphatic carbocycles. The van der Waals surface area contributed by atoms with Crippen LogP contribution in [0.1, 0.15) is 26.2 Å². The SMILES string of the molecule is CC1(CN2CCOCC2CN)CCC1. The van der Waals surface area contributed by atoms with E-state index in [1.807, 2.05) is 0 Å². The molecule has 1 saturated carbocycles. The molecule has 1 saturated heterocycles.